The lowest BCUT2D eigenvalue weighted by molar-refractivity contribution is 0.390. The molecule has 0 saturated heterocycles. The molecule has 2 aromatic carbocycles. The molecular weight excluding hydrogens is 355 g/mol. The number of phenols is 1. The van der Waals surface area contributed by atoms with E-state index in [1.54, 1.807) is 18.3 Å². The van der Waals surface area contributed by atoms with Crippen molar-refractivity contribution in [2.24, 2.45) is 9.98 Å². The van der Waals surface area contributed by atoms with Crippen LogP contribution in [0.3, 0.4) is 0 Å². The van der Waals surface area contributed by atoms with Gasteiger partial charge in [-0.2, -0.15) is 0 Å². The van der Waals surface area contributed by atoms with Gasteiger partial charge in [0.1, 0.15) is 5.75 Å². The van der Waals surface area contributed by atoms with Gasteiger partial charge in [0, 0.05) is 28.0 Å². The maximum atomic E-state index is 9.95. The summed E-state index contributed by atoms with van der Waals surface area (Å²) in [7, 11) is 0. The second-order valence-corrected chi connectivity index (χ2v) is 7.10. The van der Waals surface area contributed by atoms with E-state index in [0.717, 1.165) is 29.8 Å². The van der Waals surface area contributed by atoms with Crippen molar-refractivity contribution in [3.63, 3.8) is 0 Å². The summed E-state index contributed by atoms with van der Waals surface area (Å²) < 4.78 is 0. The molecule has 1 saturated carbocycles. The number of aliphatic imine (C=N–C) groups is 2. The topological polar surface area (TPSA) is 45.0 Å². The Bertz CT molecular complexity index is 772. The monoisotopic (exact) mass is 374 g/mol. The molecule has 3 rings (SSSR count). The molecule has 130 valence electrons. The summed E-state index contributed by atoms with van der Waals surface area (Å²) in [6, 6.07) is 13.0. The highest BCUT2D eigenvalue weighted by Crippen LogP contribution is 2.25. The van der Waals surface area contributed by atoms with Crippen LogP contribution < -0.4 is 0 Å². The zero-order valence-electron chi connectivity index (χ0n) is 13.8. The predicted octanol–water partition coefficient (Wildman–Crippen LogP) is 5.55. The number of nitrogens with zero attached hydrogens (tertiary/aromatic N) is 2. The van der Waals surface area contributed by atoms with E-state index in [9.17, 15) is 5.11 Å². The SMILES string of the molecule is Oc1cc(Cl)ccc1C=N[C@H]1CCCCC1N=Cc1ccc(Cl)cc1. The fraction of sp³-hybridized carbons (Fsp3) is 0.300. The van der Waals surface area contributed by atoms with Gasteiger partial charge >= 0.3 is 0 Å². The first-order valence-corrected chi connectivity index (χ1v) is 9.18. The molecule has 0 radical (unpaired) electrons. The Kier molecular flexibility index (Phi) is 6.11. The third kappa shape index (κ3) is 5.07. The van der Waals surface area contributed by atoms with Crippen LogP contribution >= 0.6 is 23.2 Å². The number of hydrogen-bond acceptors (Lipinski definition) is 3. The maximum Gasteiger partial charge on any atom is 0.125 e. The number of phenolic OH excluding ortho intramolecular Hbond substituents is 1. The molecule has 25 heavy (non-hydrogen) atoms. The Morgan fingerprint density at radius 1 is 0.840 bits per heavy atom. The molecule has 0 spiro atoms. The van der Waals surface area contributed by atoms with Gasteiger partial charge in [-0.05, 0) is 48.7 Å². The predicted molar refractivity (Wildman–Crippen MR) is 106 cm³/mol. The summed E-state index contributed by atoms with van der Waals surface area (Å²) in [5, 5.41) is 11.2. The summed E-state index contributed by atoms with van der Waals surface area (Å²) >= 11 is 11.8. The first-order valence-electron chi connectivity index (χ1n) is 8.42. The average molecular weight is 375 g/mol. The normalized spacial score (nSPS) is 21.2. The lowest BCUT2D eigenvalue weighted by Crippen LogP contribution is -2.27. The minimum atomic E-state index is 0.132. The van der Waals surface area contributed by atoms with Crippen LogP contribution in [-0.4, -0.2) is 29.6 Å². The molecule has 1 aliphatic rings. The zero-order chi connectivity index (χ0) is 17.6. The molecule has 1 fully saturated rings. The van der Waals surface area contributed by atoms with Crippen molar-refractivity contribution in [1.29, 1.82) is 0 Å². The minimum absolute atomic E-state index is 0.132. The van der Waals surface area contributed by atoms with Gasteiger partial charge in [-0.1, -0.05) is 48.2 Å². The molecule has 1 aliphatic carbocycles. The van der Waals surface area contributed by atoms with Crippen molar-refractivity contribution < 1.29 is 5.11 Å². The van der Waals surface area contributed by atoms with Crippen LogP contribution in [0.15, 0.2) is 52.4 Å². The smallest absolute Gasteiger partial charge is 0.125 e. The Hall–Kier alpha value is -1.84. The average Bonchev–Trinajstić information content (AvgIpc) is 2.61. The molecule has 2 aromatic rings. The summed E-state index contributed by atoms with van der Waals surface area (Å²) in [4.78, 5) is 9.44. The Morgan fingerprint density at radius 3 is 2.08 bits per heavy atom. The minimum Gasteiger partial charge on any atom is -0.507 e. The molecule has 3 nitrogen and oxygen atoms in total. The molecule has 5 heteroatoms. The largest absolute Gasteiger partial charge is 0.507 e. The van der Waals surface area contributed by atoms with Crippen LogP contribution in [0.5, 0.6) is 5.75 Å². The number of benzene rings is 2. The quantitative estimate of drug-likeness (QED) is 0.700. The van der Waals surface area contributed by atoms with Gasteiger partial charge in [0.15, 0.2) is 0 Å². The third-order valence-corrected chi connectivity index (χ3v) is 4.86. The number of hydrogen-bond donors (Lipinski definition) is 1. The summed E-state index contributed by atoms with van der Waals surface area (Å²) in [6.45, 7) is 0. The molecular formula is C20H20Cl2N2O. The fourth-order valence-electron chi connectivity index (χ4n) is 2.97. The fourth-order valence-corrected chi connectivity index (χ4v) is 3.26. The van der Waals surface area contributed by atoms with E-state index in [-0.39, 0.29) is 17.8 Å². The van der Waals surface area contributed by atoms with E-state index < -0.39 is 0 Å². The highest BCUT2D eigenvalue weighted by molar-refractivity contribution is 6.31. The molecule has 0 bridgehead atoms. The highest BCUT2D eigenvalue weighted by Gasteiger charge is 2.23. The zero-order valence-corrected chi connectivity index (χ0v) is 15.3. The Balaban J connectivity index is 1.72. The Labute approximate surface area is 158 Å². The molecule has 0 aromatic heterocycles. The standard InChI is InChI=1S/C20H20Cl2N2O/c21-16-8-5-14(6-9-16)12-23-18-3-1-2-4-19(18)24-13-15-7-10-17(22)11-20(15)25/h5-13,18-19,25H,1-4H2/t18?,19-/m0/s1. The van der Waals surface area contributed by atoms with Gasteiger partial charge in [-0.25, -0.2) is 0 Å². The Morgan fingerprint density at radius 2 is 1.44 bits per heavy atom. The van der Waals surface area contributed by atoms with E-state index >= 15 is 0 Å². The van der Waals surface area contributed by atoms with Gasteiger partial charge in [0.2, 0.25) is 0 Å². The van der Waals surface area contributed by atoms with E-state index in [2.05, 4.69) is 4.99 Å². The van der Waals surface area contributed by atoms with Crippen molar-refractivity contribution in [2.75, 3.05) is 0 Å². The maximum absolute atomic E-state index is 9.95. The van der Waals surface area contributed by atoms with Crippen molar-refractivity contribution in [2.45, 2.75) is 37.8 Å². The molecule has 1 unspecified atom stereocenters. The molecule has 0 aliphatic heterocycles. The molecule has 0 heterocycles. The molecule has 0 amide bonds. The van der Waals surface area contributed by atoms with Gasteiger partial charge < -0.3 is 5.11 Å². The van der Waals surface area contributed by atoms with Crippen LogP contribution in [0.25, 0.3) is 0 Å². The van der Waals surface area contributed by atoms with Crippen LogP contribution in [-0.2, 0) is 0 Å². The number of rotatable bonds is 4. The van der Waals surface area contributed by atoms with Gasteiger partial charge in [0.25, 0.3) is 0 Å². The highest BCUT2D eigenvalue weighted by atomic mass is 35.5. The van der Waals surface area contributed by atoms with Gasteiger partial charge in [-0.3, -0.25) is 9.98 Å². The first kappa shape index (κ1) is 18.0. The van der Waals surface area contributed by atoms with Crippen LogP contribution in [0, 0.1) is 0 Å². The second-order valence-electron chi connectivity index (χ2n) is 6.23. The third-order valence-electron chi connectivity index (χ3n) is 4.38. The lowest BCUT2D eigenvalue weighted by atomic mass is 9.91. The lowest BCUT2D eigenvalue weighted by Gasteiger charge is -2.25. The van der Waals surface area contributed by atoms with Crippen LogP contribution in [0.2, 0.25) is 10.0 Å². The van der Waals surface area contributed by atoms with Crippen molar-refractivity contribution in [3.05, 3.63) is 63.6 Å². The van der Waals surface area contributed by atoms with E-state index in [1.165, 1.54) is 12.5 Å². The van der Waals surface area contributed by atoms with E-state index in [4.69, 9.17) is 28.2 Å². The summed E-state index contributed by atoms with van der Waals surface area (Å²) in [6.07, 6.45) is 7.98. The van der Waals surface area contributed by atoms with Crippen molar-refractivity contribution in [3.8, 4) is 5.75 Å². The van der Waals surface area contributed by atoms with Gasteiger partial charge in [-0.15, -0.1) is 0 Å². The second kappa shape index (κ2) is 8.50. The first-order chi connectivity index (χ1) is 12.1. The van der Waals surface area contributed by atoms with Crippen LogP contribution in [0.1, 0.15) is 36.8 Å². The van der Waals surface area contributed by atoms with Crippen molar-refractivity contribution >= 4 is 35.6 Å². The van der Waals surface area contributed by atoms with Crippen LogP contribution in [0.4, 0.5) is 0 Å². The van der Waals surface area contributed by atoms with Crippen molar-refractivity contribution in [1.82, 2.24) is 0 Å². The van der Waals surface area contributed by atoms with Gasteiger partial charge in [0.05, 0.1) is 12.1 Å². The molecule has 2 atom stereocenters. The summed E-state index contributed by atoms with van der Waals surface area (Å²) in [5.74, 6) is 0.147. The van der Waals surface area contributed by atoms with E-state index in [1.807, 2.05) is 30.5 Å². The number of aromatic hydroxyl groups is 1. The molecule has 1 N–H and O–H groups in total. The summed E-state index contributed by atoms with van der Waals surface area (Å²) in [5.41, 5.74) is 1.71. The number of halogens is 2. The van der Waals surface area contributed by atoms with E-state index in [0.29, 0.717) is 10.6 Å².